The molecule has 1 N–H and O–H groups in total. The minimum Gasteiger partial charge on any atom is -0.493 e. The van der Waals surface area contributed by atoms with Gasteiger partial charge >= 0.3 is 0 Å². The summed E-state index contributed by atoms with van der Waals surface area (Å²) in [5, 5.41) is 8.72. The monoisotopic (exact) mass is 420 g/mol. The van der Waals surface area contributed by atoms with Gasteiger partial charge in [-0.05, 0) is 19.1 Å². The first-order valence-corrected chi connectivity index (χ1v) is 9.90. The number of hydrogen-bond donors (Lipinski definition) is 1. The number of nitrogens with one attached hydrogen (secondary N) is 1. The van der Waals surface area contributed by atoms with Crippen LogP contribution in [0.4, 0.5) is 0 Å². The molecule has 1 amide bonds. The second kappa shape index (κ2) is 8.14. The quantitative estimate of drug-likeness (QED) is 0.518. The summed E-state index contributed by atoms with van der Waals surface area (Å²) < 4.78 is 13.8. The van der Waals surface area contributed by atoms with Crippen molar-refractivity contribution in [1.29, 1.82) is 0 Å². The van der Waals surface area contributed by atoms with E-state index in [4.69, 9.17) is 9.47 Å². The Bertz CT molecular complexity index is 1340. The van der Waals surface area contributed by atoms with Gasteiger partial charge in [-0.3, -0.25) is 9.59 Å². The highest BCUT2D eigenvalue weighted by Gasteiger charge is 2.23. The van der Waals surface area contributed by atoms with Crippen LogP contribution in [-0.2, 0) is 18.4 Å². The van der Waals surface area contributed by atoms with Crippen molar-refractivity contribution in [3.05, 3.63) is 64.6 Å². The molecular weight excluding hydrogens is 396 g/mol. The average Bonchev–Trinajstić information content (AvgIpc) is 3.13. The third-order valence-electron chi connectivity index (χ3n) is 5.51. The minimum absolute atomic E-state index is 0.216. The SMILES string of the molecule is COc1cccc(CNC(=O)[C@@H](C)n2c3ccccc3c3cnn(C)c(=O)c32)c1OC. The molecule has 0 fully saturated rings. The van der Waals surface area contributed by atoms with E-state index in [-0.39, 0.29) is 18.0 Å². The first-order valence-electron chi connectivity index (χ1n) is 9.90. The van der Waals surface area contributed by atoms with Crippen LogP contribution in [0.1, 0.15) is 18.5 Å². The lowest BCUT2D eigenvalue weighted by atomic mass is 10.1. The fourth-order valence-corrected chi connectivity index (χ4v) is 3.93. The summed E-state index contributed by atoms with van der Waals surface area (Å²) in [6.07, 6.45) is 1.67. The van der Waals surface area contributed by atoms with Gasteiger partial charge in [0.1, 0.15) is 11.6 Å². The van der Waals surface area contributed by atoms with Crippen LogP contribution in [0.2, 0.25) is 0 Å². The Labute approximate surface area is 179 Å². The molecule has 4 aromatic rings. The highest BCUT2D eigenvalue weighted by Crippen LogP contribution is 2.31. The van der Waals surface area contributed by atoms with Crippen molar-refractivity contribution in [2.75, 3.05) is 14.2 Å². The molecule has 0 radical (unpaired) electrons. The largest absolute Gasteiger partial charge is 0.493 e. The zero-order chi connectivity index (χ0) is 22.1. The minimum atomic E-state index is -0.617. The van der Waals surface area contributed by atoms with Crippen LogP contribution in [0.3, 0.4) is 0 Å². The molecule has 0 unspecified atom stereocenters. The van der Waals surface area contributed by atoms with Crippen LogP contribution in [0.5, 0.6) is 11.5 Å². The lowest BCUT2D eigenvalue weighted by Gasteiger charge is -2.18. The number of benzene rings is 2. The van der Waals surface area contributed by atoms with Gasteiger partial charge in [0, 0.05) is 29.9 Å². The maximum absolute atomic E-state index is 13.1. The maximum Gasteiger partial charge on any atom is 0.291 e. The molecule has 0 aliphatic carbocycles. The number of fused-ring (bicyclic) bond motifs is 3. The van der Waals surface area contributed by atoms with Gasteiger partial charge in [-0.15, -0.1) is 0 Å². The van der Waals surface area contributed by atoms with Gasteiger partial charge in [-0.25, -0.2) is 4.68 Å². The number of methoxy groups -OCH3 is 2. The average molecular weight is 420 g/mol. The van der Waals surface area contributed by atoms with Crippen molar-refractivity contribution in [3.8, 4) is 11.5 Å². The second-order valence-corrected chi connectivity index (χ2v) is 7.27. The third kappa shape index (κ3) is 3.39. The topological polar surface area (TPSA) is 87.4 Å². The standard InChI is InChI=1S/C23H24N4O4/c1-14(22(28)24-12-15-8-7-11-19(30-3)21(15)31-4)27-18-10-6-5-9-16(18)17-13-25-26(2)23(29)20(17)27/h5-11,13-14H,12H2,1-4H3,(H,24,28)/t14-/m1/s1. The van der Waals surface area contributed by atoms with Gasteiger partial charge in [0.25, 0.3) is 5.56 Å². The van der Waals surface area contributed by atoms with Crippen molar-refractivity contribution in [2.24, 2.45) is 7.05 Å². The molecule has 1 atom stereocenters. The van der Waals surface area contributed by atoms with E-state index in [0.29, 0.717) is 17.0 Å². The van der Waals surface area contributed by atoms with E-state index in [9.17, 15) is 9.59 Å². The molecule has 0 saturated carbocycles. The summed E-state index contributed by atoms with van der Waals surface area (Å²) in [6, 6.07) is 12.5. The Hall–Kier alpha value is -3.81. The predicted octanol–water partition coefficient (Wildman–Crippen LogP) is 2.78. The van der Waals surface area contributed by atoms with Gasteiger partial charge in [0.2, 0.25) is 5.91 Å². The highest BCUT2D eigenvalue weighted by atomic mass is 16.5. The van der Waals surface area contributed by atoms with E-state index in [1.54, 1.807) is 45.0 Å². The van der Waals surface area contributed by atoms with Crippen LogP contribution in [0.15, 0.2) is 53.5 Å². The summed E-state index contributed by atoms with van der Waals surface area (Å²) in [4.78, 5) is 26.0. The molecular formula is C23H24N4O4. The van der Waals surface area contributed by atoms with Crippen molar-refractivity contribution >= 4 is 27.7 Å². The van der Waals surface area contributed by atoms with Crippen LogP contribution in [-0.4, -0.2) is 34.5 Å². The number of ether oxygens (including phenoxy) is 2. The van der Waals surface area contributed by atoms with Crippen molar-refractivity contribution in [3.63, 3.8) is 0 Å². The van der Waals surface area contributed by atoms with Gasteiger partial charge in [-0.2, -0.15) is 5.10 Å². The lowest BCUT2D eigenvalue weighted by Crippen LogP contribution is -2.32. The number of hydrogen-bond acceptors (Lipinski definition) is 5. The fraction of sp³-hybridized carbons (Fsp3) is 0.261. The third-order valence-corrected chi connectivity index (χ3v) is 5.51. The molecule has 0 bridgehead atoms. The van der Waals surface area contributed by atoms with Gasteiger partial charge in [-0.1, -0.05) is 30.3 Å². The Morgan fingerprint density at radius 2 is 1.87 bits per heavy atom. The molecule has 0 saturated heterocycles. The van der Waals surface area contributed by atoms with Crippen molar-refractivity contribution < 1.29 is 14.3 Å². The van der Waals surface area contributed by atoms with E-state index in [1.165, 1.54) is 4.68 Å². The normalized spacial score (nSPS) is 12.1. The van der Waals surface area contributed by atoms with E-state index in [0.717, 1.165) is 21.9 Å². The number of aromatic nitrogens is 3. The Kier molecular flexibility index (Phi) is 5.37. The molecule has 0 aliphatic heterocycles. The number of aryl methyl sites for hydroxylation is 1. The molecule has 4 rings (SSSR count). The molecule has 31 heavy (non-hydrogen) atoms. The van der Waals surface area contributed by atoms with Crippen LogP contribution in [0, 0.1) is 0 Å². The lowest BCUT2D eigenvalue weighted by molar-refractivity contribution is -0.123. The van der Waals surface area contributed by atoms with E-state index in [1.807, 2.05) is 36.4 Å². The predicted molar refractivity (Wildman–Crippen MR) is 119 cm³/mol. The molecule has 8 heteroatoms. The second-order valence-electron chi connectivity index (χ2n) is 7.27. The summed E-state index contributed by atoms with van der Waals surface area (Å²) in [5.41, 5.74) is 1.82. The molecule has 2 heterocycles. The smallest absolute Gasteiger partial charge is 0.291 e. The summed E-state index contributed by atoms with van der Waals surface area (Å²) in [7, 11) is 4.73. The Balaban J connectivity index is 1.72. The number of rotatable bonds is 6. The fourth-order valence-electron chi connectivity index (χ4n) is 3.93. The molecule has 2 aromatic carbocycles. The molecule has 0 spiro atoms. The van der Waals surface area contributed by atoms with Crippen molar-refractivity contribution in [1.82, 2.24) is 19.7 Å². The van der Waals surface area contributed by atoms with E-state index in [2.05, 4.69) is 10.4 Å². The van der Waals surface area contributed by atoms with Gasteiger partial charge < -0.3 is 19.4 Å². The number of carbonyl (C=O) groups excluding carboxylic acids is 1. The zero-order valence-corrected chi connectivity index (χ0v) is 17.9. The summed E-state index contributed by atoms with van der Waals surface area (Å²) in [6.45, 7) is 2.05. The Morgan fingerprint density at radius 3 is 2.61 bits per heavy atom. The van der Waals surface area contributed by atoms with Crippen molar-refractivity contribution in [2.45, 2.75) is 19.5 Å². The van der Waals surface area contributed by atoms with Crippen LogP contribution < -0.4 is 20.3 Å². The van der Waals surface area contributed by atoms with Gasteiger partial charge in [0.15, 0.2) is 11.5 Å². The first-order chi connectivity index (χ1) is 15.0. The summed E-state index contributed by atoms with van der Waals surface area (Å²) in [5.74, 6) is 0.960. The number of amides is 1. The molecule has 0 aliphatic rings. The highest BCUT2D eigenvalue weighted by molar-refractivity contribution is 6.08. The molecule has 160 valence electrons. The van der Waals surface area contributed by atoms with E-state index < -0.39 is 6.04 Å². The number of nitrogens with zero attached hydrogens (tertiary/aromatic N) is 3. The van der Waals surface area contributed by atoms with Crippen LogP contribution >= 0.6 is 0 Å². The van der Waals surface area contributed by atoms with Gasteiger partial charge in [0.05, 0.1) is 25.9 Å². The number of carbonyl (C=O) groups is 1. The molecule has 8 nitrogen and oxygen atoms in total. The molecule has 2 aromatic heterocycles. The first kappa shape index (κ1) is 20.5. The maximum atomic E-state index is 13.1. The zero-order valence-electron chi connectivity index (χ0n) is 17.9. The van der Waals surface area contributed by atoms with Crippen LogP contribution in [0.25, 0.3) is 21.8 Å². The number of para-hydroxylation sites is 2. The Morgan fingerprint density at radius 1 is 1.10 bits per heavy atom. The van der Waals surface area contributed by atoms with E-state index >= 15 is 0 Å². The summed E-state index contributed by atoms with van der Waals surface area (Å²) >= 11 is 0.